The van der Waals surface area contributed by atoms with Crippen molar-refractivity contribution in [1.82, 2.24) is 0 Å². The van der Waals surface area contributed by atoms with E-state index in [2.05, 4.69) is 55.4 Å². The van der Waals surface area contributed by atoms with E-state index >= 15 is 0 Å². The molecule has 0 aliphatic heterocycles. The molecule has 4 fully saturated rings. The molecule has 26 heavy (non-hydrogen) atoms. The first-order chi connectivity index (χ1) is 11.9. The Morgan fingerprint density at radius 2 is 1.54 bits per heavy atom. The maximum absolute atomic E-state index is 2.75. The van der Waals surface area contributed by atoms with Crippen LogP contribution in [0.15, 0.2) is 0 Å². The first-order valence-electron chi connectivity index (χ1n) is 11.9. The molecule has 4 aliphatic rings. The molecule has 0 heterocycles. The highest BCUT2D eigenvalue weighted by molar-refractivity contribution is 5.31. The van der Waals surface area contributed by atoms with Gasteiger partial charge in [-0.25, -0.2) is 0 Å². The first kappa shape index (κ1) is 20.7. The zero-order valence-electron chi connectivity index (χ0n) is 19.8. The van der Waals surface area contributed by atoms with Gasteiger partial charge in [-0.3, -0.25) is 0 Å². The summed E-state index contributed by atoms with van der Waals surface area (Å²) in [6, 6.07) is 0. The zero-order valence-corrected chi connectivity index (χ0v) is 19.8. The van der Waals surface area contributed by atoms with Gasteiger partial charge in [0.15, 0.2) is 0 Å². The second kappa shape index (κ2) is 6.00. The van der Waals surface area contributed by atoms with Crippen LogP contribution < -0.4 is 0 Å². The summed E-state index contributed by atoms with van der Waals surface area (Å²) in [4.78, 5) is 0. The Kier molecular flexibility index (Phi) is 4.78. The van der Waals surface area contributed by atoms with Crippen molar-refractivity contribution in [2.75, 3.05) is 0 Å². The fraction of sp³-hybridized carbons (Fsp3) is 1.00. The largest absolute Gasteiger partial charge is 0.0683 e. The van der Waals surface area contributed by atoms with Crippen LogP contribution in [0.4, 0.5) is 0 Å². The molecule has 0 bridgehead atoms. The van der Waals surface area contributed by atoms with Gasteiger partial charge in [-0.2, -0.15) is 0 Å². The summed E-state index contributed by atoms with van der Waals surface area (Å²) in [6.07, 6.45) is 10.5. The molecule has 0 aromatic rings. The molecule has 3 unspecified atom stereocenters. The molecule has 0 aromatic heterocycles. The third-order valence-electron chi connectivity index (χ3n) is 10.4. The fourth-order valence-electron chi connectivity index (χ4n) is 9.37. The molecule has 0 heteroatoms. The molecular weight excluding hydrogens is 312 g/mol. The third kappa shape index (κ3) is 2.38. The van der Waals surface area contributed by atoms with Crippen molar-refractivity contribution in [3.63, 3.8) is 0 Å². The molecule has 1 spiro atoms. The monoisotopic (exact) mass is 364 g/mol. The molecule has 4 saturated carbocycles. The fourth-order valence-corrected chi connectivity index (χ4v) is 9.37. The minimum atomic E-state index is 0. The lowest BCUT2D eigenvalue weighted by Gasteiger charge is -2.57. The minimum Gasteiger partial charge on any atom is -0.0683 e. The topological polar surface area (TPSA) is 0 Å². The van der Waals surface area contributed by atoms with Gasteiger partial charge in [0.05, 0.1) is 0 Å². The van der Waals surface area contributed by atoms with E-state index in [1.807, 2.05) is 13.8 Å². The van der Waals surface area contributed by atoms with Gasteiger partial charge in [0.2, 0.25) is 0 Å². The minimum absolute atomic E-state index is 0. The molecule has 4 rings (SSSR count). The molecule has 0 aromatic carbocycles. The predicted octanol–water partition coefficient (Wildman–Crippen LogP) is 8.85. The summed E-state index contributed by atoms with van der Waals surface area (Å²) in [7, 11) is 0. The standard InChI is InChI=1S/C24H42.C2H6.2H2/c1-9-22(7)17-11-10-16-15-21(5,6)12-13-24(16)19(23(17,24)8)14-18(22)20(2,3)4;1-2;;/h16-19H,9-15H2,1-8H3;1-2H3;2*1H/t16?,17-,18?,19?,22-,23+,24-;;;/m1.../s1. The summed E-state index contributed by atoms with van der Waals surface area (Å²) in [5.41, 5.74) is 3.04. The Morgan fingerprint density at radius 1 is 0.923 bits per heavy atom. The molecule has 0 N–H and O–H groups in total. The van der Waals surface area contributed by atoms with Crippen molar-refractivity contribution in [1.29, 1.82) is 0 Å². The second-order valence-electron chi connectivity index (χ2n) is 12.6. The summed E-state index contributed by atoms with van der Waals surface area (Å²) in [5.74, 6) is 3.97. The SMILES string of the molecule is CC.CC[C@@]1(C)C(C(C)(C)C)CC2[C@@]34CCC(C)(C)CC3CC[C@H]1[C@@]24C.[HH].[HH]. The van der Waals surface area contributed by atoms with E-state index in [0.29, 0.717) is 21.7 Å². The lowest BCUT2D eigenvalue weighted by molar-refractivity contribution is -0.0871. The third-order valence-corrected chi connectivity index (χ3v) is 10.4. The van der Waals surface area contributed by atoms with E-state index in [1.54, 1.807) is 6.42 Å². The maximum atomic E-state index is 2.75. The zero-order chi connectivity index (χ0) is 19.8. The average molecular weight is 365 g/mol. The first-order valence-corrected chi connectivity index (χ1v) is 11.9. The van der Waals surface area contributed by atoms with Gasteiger partial charge in [-0.1, -0.05) is 75.7 Å². The highest BCUT2D eigenvalue weighted by atomic mass is 14.9. The Balaban J connectivity index is 0.000000950. The Bertz CT molecular complexity index is 547. The second-order valence-corrected chi connectivity index (χ2v) is 12.6. The van der Waals surface area contributed by atoms with Gasteiger partial charge < -0.3 is 0 Å². The van der Waals surface area contributed by atoms with Crippen molar-refractivity contribution in [2.24, 2.45) is 50.7 Å². The normalized spacial score (nSPS) is 51.5. The highest BCUT2D eigenvalue weighted by Crippen LogP contribution is 2.89. The molecule has 7 atom stereocenters. The van der Waals surface area contributed by atoms with Crippen molar-refractivity contribution in [3.05, 3.63) is 0 Å². The molecular formula is C26H52. The Hall–Kier alpha value is 0. The van der Waals surface area contributed by atoms with Crippen LogP contribution >= 0.6 is 0 Å². The molecule has 0 saturated heterocycles. The van der Waals surface area contributed by atoms with Gasteiger partial charge in [0.1, 0.15) is 0 Å². The van der Waals surface area contributed by atoms with Crippen molar-refractivity contribution in [2.45, 2.75) is 114 Å². The van der Waals surface area contributed by atoms with Crippen LogP contribution in [-0.2, 0) is 0 Å². The van der Waals surface area contributed by atoms with Gasteiger partial charge >= 0.3 is 0 Å². The summed E-state index contributed by atoms with van der Waals surface area (Å²) in [5, 5.41) is 0. The van der Waals surface area contributed by atoms with Crippen LogP contribution in [-0.4, -0.2) is 0 Å². The Morgan fingerprint density at radius 3 is 2.08 bits per heavy atom. The van der Waals surface area contributed by atoms with Gasteiger partial charge in [-0.15, -0.1) is 0 Å². The van der Waals surface area contributed by atoms with E-state index in [4.69, 9.17) is 0 Å². The van der Waals surface area contributed by atoms with Gasteiger partial charge in [0, 0.05) is 2.85 Å². The average Bonchev–Trinajstić information content (AvgIpc) is 3.09. The van der Waals surface area contributed by atoms with E-state index in [1.165, 1.54) is 38.5 Å². The summed E-state index contributed by atoms with van der Waals surface area (Å²) >= 11 is 0. The quantitative estimate of drug-likeness (QED) is 0.436. The van der Waals surface area contributed by atoms with Crippen LogP contribution in [0.3, 0.4) is 0 Å². The van der Waals surface area contributed by atoms with Gasteiger partial charge in [-0.05, 0) is 89.3 Å². The lowest BCUT2D eigenvalue weighted by atomic mass is 9.47. The van der Waals surface area contributed by atoms with Crippen LogP contribution in [0.5, 0.6) is 0 Å². The van der Waals surface area contributed by atoms with Crippen molar-refractivity contribution < 1.29 is 2.85 Å². The van der Waals surface area contributed by atoms with Crippen molar-refractivity contribution >= 4 is 0 Å². The maximum Gasteiger partial charge on any atom is 0 e. The Labute approximate surface area is 168 Å². The van der Waals surface area contributed by atoms with E-state index in [9.17, 15) is 0 Å². The molecule has 156 valence electrons. The molecule has 4 aliphatic carbocycles. The van der Waals surface area contributed by atoms with Crippen LogP contribution in [0, 0.1) is 50.7 Å². The van der Waals surface area contributed by atoms with Crippen LogP contribution in [0.1, 0.15) is 117 Å². The predicted molar refractivity (Wildman–Crippen MR) is 119 cm³/mol. The summed E-state index contributed by atoms with van der Waals surface area (Å²) in [6.45, 7) is 24.6. The van der Waals surface area contributed by atoms with E-state index in [-0.39, 0.29) is 2.85 Å². The lowest BCUT2D eigenvalue weighted by Crippen LogP contribution is -2.50. The highest BCUT2D eigenvalue weighted by Gasteiger charge is 2.83. The van der Waals surface area contributed by atoms with Gasteiger partial charge in [0.25, 0.3) is 0 Å². The van der Waals surface area contributed by atoms with Crippen LogP contribution in [0.2, 0.25) is 0 Å². The van der Waals surface area contributed by atoms with E-state index in [0.717, 1.165) is 29.1 Å². The number of hydrogen-bond donors (Lipinski definition) is 0. The molecule has 0 radical (unpaired) electrons. The smallest absolute Gasteiger partial charge is 0 e. The number of hydrogen-bond acceptors (Lipinski definition) is 0. The van der Waals surface area contributed by atoms with Crippen molar-refractivity contribution in [3.8, 4) is 0 Å². The molecule has 0 amide bonds. The van der Waals surface area contributed by atoms with E-state index < -0.39 is 0 Å². The molecule has 0 nitrogen and oxygen atoms in total. The number of rotatable bonds is 1. The van der Waals surface area contributed by atoms with Crippen LogP contribution in [0.25, 0.3) is 0 Å². The summed E-state index contributed by atoms with van der Waals surface area (Å²) < 4.78 is 0.